The van der Waals surface area contributed by atoms with Crippen molar-refractivity contribution in [3.05, 3.63) is 47.9 Å². The molecule has 4 heterocycles. The van der Waals surface area contributed by atoms with E-state index in [-0.39, 0.29) is 23.6 Å². The zero-order valence-corrected chi connectivity index (χ0v) is 33.3. The van der Waals surface area contributed by atoms with Gasteiger partial charge in [0.1, 0.15) is 22.4 Å². The molecule has 0 aromatic carbocycles. The summed E-state index contributed by atoms with van der Waals surface area (Å²) in [5.74, 6) is 2.96. The van der Waals surface area contributed by atoms with Crippen LogP contribution in [0.3, 0.4) is 0 Å². The number of pyridine rings is 2. The lowest BCUT2D eigenvalue weighted by atomic mass is 10.1. The molecule has 13 nitrogen and oxygen atoms in total. The SMILES string of the molecule is CC(C)(C)OC(=O)NC(CCCCNC(=O)c1ccc(SSc2ccc(C(=O)NCCCCCC(=O)N3CCSC3)nc2)nc1)C(=O)N1CCSC1. The summed E-state index contributed by atoms with van der Waals surface area (Å²) in [5.41, 5.74) is 0.114. The Bertz CT molecular complexity index is 1480. The number of hydrogen-bond donors (Lipinski definition) is 3. The molecule has 0 spiro atoms. The molecular formula is C35H49N7O6S4. The lowest BCUT2D eigenvalue weighted by Gasteiger charge is -2.26. The van der Waals surface area contributed by atoms with Crippen LogP contribution in [0.1, 0.15) is 86.6 Å². The van der Waals surface area contributed by atoms with Gasteiger partial charge in [0, 0.05) is 61.4 Å². The molecule has 4 rings (SSSR count). The number of aromatic nitrogens is 2. The average Bonchev–Trinajstić information content (AvgIpc) is 3.87. The number of hydrogen-bond acceptors (Lipinski definition) is 12. The molecule has 0 aliphatic carbocycles. The predicted octanol–water partition coefficient (Wildman–Crippen LogP) is 5.43. The summed E-state index contributed by atoms with van der Waals surface area (Å²) >= 11 is 3.47. The van der Waals surface area contributed by atoms with Crippen molar-refractivity contribution in [1.82, 2.24) is 35.7 Å². The maximum Gasteiger partial charge on any atom is 0.408 e. The lowest BCUT2D eigenvalue weighted by Crippen LogP contribution is -2.49. The van der Waals surface area contributed by atoms with Crippen LogP contribution in [0, 0.1) is 0 Å². The number of nitrogens with one attached hydrogen (secondary N) is 3. The maximum absolute atomic E-state index is 13.0. The molecule has 2 fully saturated rings. The first-order chi connectivity index (χ1) is 25.0. The maximum atomic E-state index is 13.0. The van der Waals surface area contributed by atoms with Gasteiger partial charge in [0.15, 0.2) is 0 Å². The highest BCUT2D eigenvalue weighted by atomic mass is 33.1. The quantitative estimate of drug-likeness (QED) is 0.130. The minimum Gasteiger partial charge on any atom is -0.444 e. The third kappa shape index (κ3) is 14.7. The van der Waals surface area contributed by atoms with Crippen molar-refractivity contribution < 1.29 is 28.7 Å². The van der Waals surface area contributed by atoms with Crippen LogP contribution >= 0.6 is 45.1 Å². The van der Waals surface area contributed by atoms with Gasteiger partial charge in [-0.3, -0.25) is 19.2 Å². The largest absolute Gasteiger partial charge is 0.444 e. The molecule has 0 saturated carbocycles. The van der Waals surface area contributed by atoms with Crippen LogP contribution in [0.2, 0.25) is 0 Å². The molecule has 0 radical (unpaired) electrons. The van der Waals surface area contributed by atoms with Crippen LogP contribution in [0.4, 0.5) is 4.79 Å². The number of alkyl carbamates (subject to hydrolysis) is 1. The smallest absolute Gasteiger partial charge is 0.408 e. The van der Waals surface area contributed by atoms with Gasteiger partial charge < -0.3 is 30.5 Å². The van der Waals surface area contributed by atoms with Crippen molar-refractivity contribution in [3.8, 4) is 0 Å². The van der Waals surface area contributed by atoms with Crippen LogP contribution < -0.4 is 16.0 Å². The van der Waals surface area contributed by atoms with E-state index >= 15 is 0 Å². The second-order valence-corrected chi connectivity index (χ2v) is 17.7. The number of unbranched alkanes of at least 4 members (excludes halogenated alkanes) is 3. The molecule has 2 aromatic rings. The summed E-state index contributed by atoms with van der Waals surface area (Å²) in [6, 6.07) is 6.33. The third-order valence-corrected chi connectivity index (χ3v) is 12.1. The highest BCUT2D eigenvalue weighted by molar-refractivity contribution is 8.76. The predicted molar refractivity (Wildman–Crippen MR) is 208 cm³/mol. The standard InChI is InChI=1S/C35H49N7O6S4/c1-35(2,3)48-34(47)40-28(33(46)42-18-20-50-24-42)9-6-8-16-36-31(44)25-11-14-29(39-21-25)52-51-26-12-13-27(38-22-26)32(45)37-15-7-4-5-10-30(43)41-17-19-49-23-41/h11-14,21-22,28H,4-10,15-20,23-24H2,1-3H3,(H,36,44)(H,37,45)(H,40,47). The minimum absolute atomic E-state index is 0.112. The number of nitrogens with zero attached hydrogens (tertiary/aromatic N) is 4. The number of amides is 5. The van der Waals surface area contributed by atoms with E-state index in [2.05, 4.69) is 25.9 Å². The summed E-state index contributed by atoms with van der Waals surface area (Å²) in [6.07, 6.45) is 7.34. The molecule has 1 unspecified atom stereocenters. The Morgan fingerprint density at radius 2 is 1.54 bits per heavy atom. The van der Waals surface area contributed by atoms with E-state index in [0.29, 0.717) is 67.5 Å². The monoisotopic (exact) mass is 791 g/mol. The molecule has 52 heavy (non-hydrogen) atoms. The van der Waals surface area contributed by atoms with Crippen LogP contribution in [0.15, 0.2) is 46.6 Å². The van der Waals surface area contributed by atoms with Gasteiger partial charge in [0.25, 0.3) is 11.8 Å². The van der Waals surface area contributed by atoms with E-state index in [1.165, 1.54) is 27.8 Å². The fourth-order valence-electron chi connectivity index (χ4n) is 5.15. The summed E-state index contributed by atoms with van der Waals surface area (Å²) < 4.78 is 5.36. The number of thioether (sulfide) groups is 2. The van der Waals surface area contributed by atoms with E-state index in [0.717, 1.165) is 48.1 Å². The first-order valence-corrected chi connectivity index (χ1v) is 22.0. The van der Waals surface area contributed by atoms with E-state index < -0.39 is 17.7 Å². The normalized spacial score (nSPS) is 14.9. The Kier molecular flexibility index (Phi) is 17.2. The van der Waals surface area contributed by atoms with E-state index in [1.54, 1.807) is 73.6 Å². The van der Waals surface area contributed by atoms with Crippen molar-refractivity contribution in [2.75, 3.05) is 49.4 Å². The summed E-state index contributed by atoms with van der Waals surface area (Å²) in [5, 5.41) is 9.25. The van der Waals surface area contributed by atoms with Gasteiger partial charge in [0.05, 0.1) is 17.3 Å². The highest BCUT2D eigenvalue weighted by Crippen LogP contribution is 2.35. The van der Waals surface area contributed by atoms with Gasteiger partial charge in [-0.15, -0.1) is 23.5 Å². The summed E-state index contributed by atoms with van der Waals surface area (Å²) in [7, 11) is 2.87. The Morgan fingerprint density at radius 3 is 2.17 bits per heavy atom. The molecule has 5 amide bonds. The average molecular weight is 792 g/mol. The zero-order valence-electron chi connectivity index (χ0n) is 30.0. The van der Waals surface area contributed by atoms with Crippen molar-refractivity contribution >= 4 is 74.8 Å². The molecule has 2 aliphatic rings. The number of ether oxygens (including phenoxy) is 1. The topological polar surface area (TPSA) is 163 Å². The Balaban J connectivity index is 1.10. The van der Waals surface area contributed by atoms with Gasteiger partial charge in [-0.1, -0.05) is 6.42 Å². The molecule has 2 saturated heterocycles. The van der Waals surface area contributed by atoms with E-state index in [9.17, 15) is 24.0 Å². The molecule has 17 heteroatoms. The second-order valence-electron chi connectivity index (χ2n) is 13.3. The Morgan fingerprint density at radius 1 is 0.827 bits per heavy atom. The van der Waals surface area contributed by atoms with Crippen molar-refractivity contribution in [1.29, 1.82) is 0 Å². The van der Waals surface area contributed by atoms with Crippen molar-refractivity contribution in [2.45, 2.75) is 87.3 Å². The first kappa shape index (κ1) is 41.6. The van der Waals surface area contributed by atoms with Crippen LogP contribution in [-0.4, -0.2) is 111 Å². The first-order valence-electron chi connectivity index (χ1n) is 17.5. The van der Waals surface area contributed by atoms with E-state index in [4.69, 9.17) is 4.74 Å². The lowest BCUT2D eigenvalue weighted by molar-refractivity contribution is -0.132. The minimum atomic E-state index is -0.682. The molecular weight excluding hydrogens is 743 g/mol. The second kappa shape index (κ2) is 21.5. The molecule has 2 aliphatic heterocycles. The number of carbonyl (C=O) groups excluding carboxylic acids is 5. The van der Waals surface area contributed by atoms with Crippen molar-refractivity contribution in [2.24, 2.45) is 0 Å². The van der Waals surface area contributed by atoms with Gasteiger partial charge in [-0.2, -0.15) is 0 Å². The molecule has 2 aromatic heterocycles. The Labute approximate surface area is 322 Å². The molecule has 3 N–H and O–H groups in total. The van der Waals surface area contributed by atoms with Gasteiger partial charge in [-0.25, -0.2) is 14.8 Å². The van der Waals surface area contributed by atoms with Gasteiger partial charge in [0.2, 0.25) is 11.8 Å². The van der Waals surface area contributed by atoms with Crippen LogP contribution in [0.25, 0.3) is 0 Å². The molecule has 0 bridgehead atoms. The summed E-state index contributed by atoms with van der Waals surface area (Å²) in [4.78, 5) is 75.9. The van der Waals surface area contributed by atoms with Gasteiger partial charge in [-0.05, 0) is 98.7 Å². The highest BCUT2D eigenvalue weighted by Gasteiger charge is 2.29. The van der Waals surface area contributed by atoms with Crippen molar-refractivity contribution in [3.63, 3.8) is 0 Å². The molecule has 284 valence electrons. The molecule has 1 atom stereocenters. The Hall–Kier alpha value is -3.15. The fraction of sp³-hybridized carbons (Fsp3) is 0.571. The van der Waals surface area contributed by atoms with Crippen LogP contribution in [-0.2, 0) is 14.3 Å². The summed E-state index contributed by atoms with van der Waals surface area (Å²) in [6.45, 7) is 7.79. The van der Waals surface area contributed by atoms with E-state index in [1.807, 2.05) is 11.0 Å². The number of carbonyl (C=O) groups is 5. The number of rotatable bonds is 18. The van der Waals surface area contributed by atoms with Gasteiger partial charge >= 0.3 is 6.09 Å². The zero-order chi connectivity index (χ0) is 37.3. The van der Waals surface area contributed by atoms with Crippen LogP contribution in [0.5, 0.6) is 0 Å². The fourth-order valence-corrected chi connectivity index (χ4v) is 8.83. The third-order valence-electron chi connectivity index (χ3n) is 7.91.